The zero-order valence-corrected chi connectivity index (χ0v) is 11.6. The Balaban J connectivity index is 2.33. The van der Waals surface area contributed by atoms with Gasteiger partial charge < -0.3 is 10.5 Å². The predicted molar refractivity (Wildman–Crippen MR) is 76.5 cm³/mol. The number of methoxy groups -OCH3 is 1. The summed E-state index contributed by atoms with van der Waals surface area (Å²) in [5.74, 6) is 0.835. The lowest BCUT2D eigenvalue weighted by molar-refractivity contribution is 0.413. The van der Waals surface area contributed by atoms with Gasteiger partial charge in [0.1, 0.15) is 5.75 Å². The van der Waals surface area contributed by atoms with Crippen LogP contribution in [0.5, 0.6) is 5.75 Å². The first kappa shape index (κ1) is 13.3. The van der Waals surface area contributed by atoms with Crippen molar-refractivity contribution in [2.75, 3.05) is 7.11 Å². The third-order valence-corrected chi connectivity index (χ3v) is 4.13. The number of halogens is 1. The normalized spacial score (nSPS) is 10.4. The zero-order chi connectivity index (χ0) is 13.0. The van der Waals surface area contributed by atoms with Gasteiger partial charge in [-0.25, -0.2) is 0 Å². The summed E-state index contributed by atoms with van der Waals surface area (Å²) in [5.41, 5.74) is 6.78. The highest BCUT2D eigenvalue weighted by Crippen LogP contribution is 2.36. The van der Waals surface area contributed by atoms with E-state index in [1.54, 1.807) is 18.9 Å². The van der Waals surface area contributed by atoms with Crippen LogP contribution < -0.4 is 10.5 Å². The van der Waals surface area contributed by atoms with E-state index < -0.39 is 0 Å². The predicted octanol–water partition coefficient (Wildman–Crippen LogP) is 3.96. The minimum Gasteiger partial charge on any atom is -0.497 e. The van der Waals surface area contributed by atoms with Crippen LogP contribution in [0.15, 0.2) is 52.3 Å². The molecule has 94 valence electrons. The quantitative estimate of drug-likeness (QED) is 0.920. The molecule has 0 aliphatic rings. The van der Waals surface area contributed by atoms with E-state index in [0.717, 1.165) is 26.1 Å². The molecule has 0 heterocycles. The van der Waals surface area contributed by atoms with Crippen LogP contribution in [0.4, 0.5) is 0 Å². The summed E-state index contributed by atoms with van der Waals surface area (Å²) in [7, 11) is 1.66. The van der Waals surface area contributed by atoms with Crippen LogP contribution in [0.1, 0.15) is 5.56 Å². The lowest BCUT2D eigenvalue weighted by Crippen LogP contribution is -1.98. The first-order chi connectivity index (χ1) is 8.74. The van der Waals surface area contributed by atoms with Crippen molar-refractivity contribution >= 4 is 23.4 Å². The second-order valence-electron chi connectivity index (χ2n) is 3.71. The van der Waals surface area contributed by atoms with Crippen molar-refractivity contribution in [1.82, 2.24) is 0 Å². The Kier molecular flexibility index (Phi) is 4.53. The molecule has 4 heteroatoms. The summed E-state index contributed by atoms with van der Waals surface area (Å²) in [6, 6.07) is 13.7. The van der Waals surface area contributed by atoms with Crippen LogP contribution in [0, 0.1) is 0 Å². The first-order valence-corrected chi connectivity index (χ1v) is 6.73. The van der Waals surface area contributed by atoms with Crippen molar-refractivity contribution in [3.05, 3.63) is 53.1 Å². The Morgan fingerprint density at radius 3 is 2.72 bits per heavy atom. The standard InChI is InChI=1S/C14H14ClNOS/c1-17-11-5-3-6-12(8-11)18-14-10(9-16)4-2-7-13(14)15/h2-8H,9,16H2,1H3. The van der Waals surface area contributed by atoms with Gasteiger partial charge in [-0.1, -0.05) is 41.6 Å². The van der Waals surface area contributed by atoms with Crippen LogP contribution in [-0.4, -0.2) is 7.11 Å². The molecule has 2 N–H and O–H groups in total. The smallest absolute Gasteiger partial charge is 0.119 e. The van der Waals surface area contributed by atoms with Gasteiger partial charge in [0, 0.05) is 16.3 Å². The van der Waals surface area contributed by atoms with Crippen molar-refractivity contribution in [2.24, 2.45) is 5.73 Å². The molecular formula is C14H14ClNOS. The number of ether oxygens (including phenoxy) is 1. The molecule has 0 spiro atoms. The first-order valence-electron chi connectivity index (χ1n) is 5.54. The topological polar surface area (TPSA) is 35.2 Å². The van der Waals surface area contributed by atoms with Gasteiger partial charge in [0.05, 0.1) is 12.1 Å². The van der Waals surface area contributed by atoms with Gasteiger partial charge in [0.25, 0.3) is 0 Å². The molecule has 0 radical (unpaired) electrons. The van der Waals surface area contributed by atoms with E-state index in [0.29, 0.717) is 6.54 Å². The highest BCUT2D eigenvalue weighted by atomic mass is 35.5. The molecule has 2 rings (SSSR count). The monoisotopic (exact) mass is 279 g/mol. The molecular weight excluding hydrogens is 266 g/mol. The number of nitrogens with two attached hydrogens (primary N) is 1. The summed E-state index contributed by atoms with van der Waals surface area (Å²) in [4.78, 5) is 2.09. The second kappa shape index (κ2) is 6.14. The fourth-order valence-electron chi connectivity index (χ4n) is 1.61. The molecule has 0 saturated carbocycles. The molecule has 0 aliphatic carbocycles. The molecule has 18 heavy (non-hydrogen) atoms. The lowest BCUT2D eigenvalue weighted by atomic mass is 10.2. The fourth-order valence-corrected chi connectivity index (χ4v) is 2.93. The van der Waals surface area contributed by atoms with Gasteiger partial charge in [0.2, 0.25) is 0 Å². The van der Waals surface area contributed by atoms with E-state index in [-0.39, 0.29) is 0 Å². The third-order valence-electron chi connectivity index (χ3n) is 2.53. The molecule has 0 bridgehead atoms. The fraction of sp³-hybridized carbons (Fsp3) is 0.143. The molecule has 0 aromatic heterocycles. The highest BCUT2D eigenvalue weighted by Gasteiger charge is 2.08. The molecule has 2 aromatic rings. The van der Waals surface area contributed by atoms with Gasteiger partial charge in [-0.3, -0.25) is 0 Å². The Morgan fingerprint density at radius 2 is 2.00 bits per heavy atom. The number of benzene rings is 2. The second-order valence-corrected chi connectivity index (χ2v) is 5.20. The van der Waals surface area contributed by atoms with Crippen molar-refractivity contribution in [2.45, 2.75) is 16.3 Å². The number of hydrogen-bond donors (Lipinski definition) is 1. The van der Waals surface area contributed by atoms with Crippen molar-refractivity contribution in [3.63, 3.8) is 0 Å². The van der Waals surface area contributed by atoms with Crippen LogP contribution in [0.3, 0.4) is 0 Å². The van der Waals surface area contributed by atoms with Crippen LogP contribution in [-0.2, 0) is 6.54 Å². The third kappa shape index (κ3) is 2.99. The van der Waals surface area contributed by atoms with E-state index in [1.807, 2.05) is 42.5 Å². The number of hydrogen-bond acceptors (Lipinski definition) is 3. The van der Waals surface area contributed by atoms with E-state index in [4.69, 9.17) is 22.1 Å². The Morgan fingerprint density at radius 1 is 1.22 bits per heavy atom. The Hall–Kier alpha value is -1.16. The largest absolute Gasteiger partial charge is 0.497 e. The van der Waals surface area contributed by atoms with Crippen molar-refractivity contribution in [1.29, 1.82) is 0 Å². The van der Waals surface area contributed by atoms with Gasteiger partial charge in [0.15, 0.2) is 0 Å². The van der Waals surface area contributed by atoms with Crippen LogP contribution in [0.2, 0.25) is 5.02 Å². The average Bonchev–Trinajstić information content (AvgIpc) is 2.41. The van der Waals surface area contributed by atoms with Crippen molar-refractivity contribution in [3.8, 4) is 5.75 Å². The molecule has 0 fully saturated rings. The minimum absolute atomic E-state index is 0.479. The maximum Gasteiger partial charge on any atom is 0.119 e. The highest BCUT2D eigenvalue weighted by molar-refractivity contribution is 7.99. The zero-order valence-electron chi connectivity index (χ0n) is 10.0. The molecule has 0 unspecified atom stereocenters. The van der Waals surface area contributed by atoms with Crippen LogP contribution >= 0.6 is 23.4 Å². The number of rotatable bonds is 4. The van der Waals surface area contributed by atoms with Gasteiger partial charge in [-0.15, -0.1) is 0 Å². The van der Waals surface area contributed by atoms with E-state index in [2.05, 4.69) is 0 Å². The summed E-state index contributed by atoms with van der Waals surface area (Å²) < 4.78 is 5.21. The van der Waals surface area contributed by atoms with E-state index in [9.17, 15) is 0 Å². The van der Waals surface area contributed by atoms with Crippen LogP contribution in [0.25, 0.3) is 0 Å². The summed E-state index contributed by atoms with van der Waals surface area (Å²) in [5, 5.41) is 0.728. The van der Waals surface area contributed by atoms with Crippen molar-refractivity contribution < 1.29 is 4.74 Å². The average molecular weight is 280 g/mol. The Labute approximate surface area is 116 Å². The summed E-state index contributed by atoms with van der Waals surface area (Å²) in [6.45, 7) is 0.479. The van der Waals surface area contributed by atoms with Gasteiger partial charge in [-0.2, -0.15) is 0 Å². The van der Waals surface area contributed by atoms with Gasteiger partial charge >= 0.3 is 0 Å². The Bertz CT molecular complexity index is 545. The molecule has 0 aliphatic heterocycles. The summed E-state index contributed by atoms with van der Waals surface area (Å²) >= 11 is 7.83. The lowest BCUT2D eigenvalue weighted by Gasteiger charge is -2.10. The van der Waals surface area contributed by atoms with E-state index >= 15 is 0 Å². The molecule has 0 amide bonds. The molecule has 0 saturated heterocycles. The minimum atomic E-state index is 0.479. The maximum atomic E-state index is 6.22. The van der Waals surface area contributed by atoms with Gasteiger partial charge in [-0.05, 0) is 29.8 Å². The molecule has 2 nitrogen and oxygen atoms in total. The summed E-state index contributed by atoms with van der Waals surface area (Å²) in [6.07, 6.45) is 0. The SMILES string of the molecule is COc1cccc(Sc2c(Cl)cccc2CN)c1. The maximum absolute atomic E-state index is 6.22. The molecule has 2 aromatic carbocycles. The van der Waals surface area contributed by atoms with E-state index in [1.165, 1.54) is 0 Å². The molecule has 0 atom stereocenters.